The molecule has 2 heterocycles. The molecule has 132 valence electrons. The number of aromatic nitrogens is 3. The third kappa shape index (κ3) is 3.74. The van der Waals surface area contributed by atoms with Crippen molar-refractivity contribution in [2.75, 3.05) is 10.6 Å². The summed E-state index contributed by atoms with van der Waals surface area (Å²) in [7, 11) is 0. The molecule has 0 fully saturated rings. The Hall–Kier alpha value is -3.80. The molecule has 4 rings (SSSR count). The lowest BCUT2D eigenvalue weighted by molar-refractivity contribution is 0.101. The first kappa shape index (κ1) is 16.7. The molecule has 0 saturated heterocycles. The van der Waals surface area contributed by atoms with Gasteiger partial charge >= 0.3 is 0 Å². The van der Waals surface area contributed by atoms with Crippen molar-refractivity contribution in [2.45, 2.75) is 6.92 Å². The molecular weight excluding hydrogens is 338 g/mol. The molecule has 0 aliphatic heterocycles. The number of hydrogen-bond donors (Lipinski definition) is 2. The summed E-state index contributed by atoms with van der Waals surface area (Å²) in [6, 6.07) is 18.9. The fourth-order valence-electron chi connectivity index (χ4n) is 2.75. The molecule has 27 heavy (non-hydrogen) atoms. The monoisotopic (exact) mass is 355 g/mol. The van der Waals surface area contributed by atoms with Crippen LogP contribution in [-0.2, 0) is 0 Å². The second-order valence-electron chi connectivity index (χ2n) is 6.03. The molecule has 2 aromatic carbocycles. The fourth-order valence-corrected chi connectivity index (χ4v) is 2.75. The summed E-state index contributed by atoms with van der Waals surface area (Å²) in [4.78, 5) is 24.6. The molecule has 0 atom stereocenters. The molecule has 0 radical (unpaired) electrons. The minimum Gasteiger partial charge on any atom is -0.338 e. The topological polar surface area (TPSA) is 79.8 Å². The number of nitrogens with one attached hydrogen (secondary N) is 2. The van der Waals surface area contributed by atoms with Crippen molar-refractivity contribution in [3.63, 3.8) is 0 Å². The highest BCUT2D eigenvalue weighted by molar-refractivity contribution is 5.94. The number of ketones is 1. The predicted octanol–water partition coefficient (Wildman–Crippen LogP) is 4.71. The molecule has 6 heteroatoms. The van der Waals surface area contributed by atoms with Gasteiger partial charge in [0, 0.05) is 29.0 Å². The third-order valence-electron chi connectivity index (χ3n) is 4.10. The number of carbonyl (C=O) groups is 1. The Bertz CT molecular complexity index is 1100. The molecule has 0 unspecified atom stereocenters. The number of nitrogens with zero attached hydrogens (tertiary/aromatic N) is 3. The lowest BCUT2D eigenvalue weighted by Crippen LogP contribution is -2.01. The van der Waals surface area contributed by atoms with Crippen LogP contribution in [0.5, 0.6) is 0 Å². The van der Waals surface area contributed by atoms with Crippen LogP contribution in [0.1, 0.15) is 17.3 Å². The Balaban J connectivity index is 1.56. The van der Waals surface area contributed by atoms with E-state index in [2.05, 4.69) is 25.6 Å². The van der Waals surface area contributed by atoms with E-state index in [9.17, 15) is 4.79 Å². The average molecular weight is 355 g/mol. The van der Waals surface area contributed by atoms with Crippen molar-refractivity contribution in [2.24, 2.45) is 0 Å². The van der Waals surface area contributed by atoms with Crippen LogP contribution in [0.4, 0.5) is 23.1 Å². The summed E-state index contributed by atoms with van der Waals surface area (Å²) >= 11 is 0. The molecule has 4 aromatic rings. The molecule has 0 spiro atoms. The second-order valence-corrected chi connectivity index (χ2v) is 6.03. The average Bonchev–Trinajstić information content (AvgIpc) is 2.69. The Morgan fingerprint density at radius 1 is 0.852 bits per heavy atom. The summed E-state index contributed by atoms with van der Waals surface area (Å²) < 4.78 is 0. The first-order valence-corrected chi connectivity index (χ1v) is 8.51. The van der Waals surface area contributed by atoms with E-state index >= 15 is 0 Å². The van der Waals surface area contributed by atoms with E-state index < -0.39 is 0 Å². The summed E-state index contributed by atoms with van der Waals surface area (Å²) in [5.74, 6) is 1.16. The molecule has 0 aliphatic rings. The lowest BCUT2D eigenvalue weighted by atomic mass is 10.1. The SMILES string of the molecule is CC(=O)c1ccc(Nc2nccc(Nc3cccc4cccnc34)n2)cc1. The van der Waals surface area contributed by atoms with E-state index in [0.717, 1.165) is 22.3 Å². The fraction of sp³-hybridized carbons (Fsp3) is 0.0476. The van der Waals surface area contributed by atoms with E-state index in [1.165, 1.54) is 0 Å². The zero-order valence-electron chi connectivity index (χ0n) is 14.7. The molecule has 2 N–H and O–H groups in total. The van der Waals surface area contributed by atoms with Crippen LogP contribution in [0.2, 0.25) is 0 Å². The van der Waals surface area contributed by atoms with Gasteiger partial charge in [0.2, 0.25) is 5.95 Å². The number of anilines is 4. The number of carbonyl (C=O) groups excluding carboxylic acids is 1. The maximum absolute atomic E-state index is 11.4. The van der Waals surface area contributed by atoms with Gasteiger partial charge in [-0.3, -0.25) is 9.78 Å². The molecule has 0 aliphatic carbocycles. The van der Waals surface area contributed by atoms with Crippen LogP contribution in [0.15, 0.2) is 73.1 Å². The Morgan fingerprint density at radius 3 is 2.48 bits per heavy atom. The van der Waals surface area contributed by atoms with Crippen molar-refractivity contribution >= 4 is 39.8 Å². The number of hydrogen-bond acceptors (Lipinski definition) is 6. The van der Waals surface area contributed by atoms with Crippen molar-refractivity contribution in [3.05, 3.63) is 78.6 Å². The Morgan fingerprint density at radius 2 is 1.67 bits per heavy atom. The maximum Gasteiger partial charge on any atom is 0.229 e. The van der Waals surface area contributed by atoms with Gasteiger partial charge in [0.25, 0.3) is 0 Å². The number of pyridine rings is 1. The van der Waals surface area contributed by atoms with Gasteiger partial charge in [-0.25, -0.2) is 4.98 Å². The zero-order chi connectivity index (χ0) is 18.6. The van der Waals surface area contributed by atoms with E-state index in [-0.39, 0.29) is 5.78 Å². The number of fused-ring (bicyclic) bond motifs is 1. The van der Waals surface area contributed by atoms with Crippen LogP contribution in [0.25, 0.3) is 10.9 Å². The molecule has 0 bridgehead atoms. The van der Waals surface area contributed by atoms with Crippen molar-refractivity contribution < 1.29 is 4.79 Å². The van der Waals surface area contributed by atoms with E-state index in [0.29, 0.717) is 17.3 Å². The molecule has 2 aromatic heterocycles. The highest BCUT2D eigenvalue weighted by atomic mass is 16.1. The Labute approximate surface area is 156 Å². The van der Waals surface area contributed by atoms with Crippen molar-refractivity contribution in [1.82, 2.24) is 15.0 Å². The van der Waals surface area contributed by atoms with E-state index in [4.69, 9.17) is 0 Å². The Kier molecular flexibility index (Phi) is 4.45. The minimum absolute atomic E-state index is 0.0349. The smallest absolute Gasteiger partial charge is 0.229 e. The van der Waals surface area contributed by atoms with Crippen molar-refractivity contribution in [3.8, 4) is 0 Å². The minimum atomic E-state index is 0.0349. The van der Waals surface area contributed by atoms with E-state index in [1.54, 1.807) is 37.5 Å². The molecular formula is C21H17N5O. The van der Waals surface area contributed by atoms with Gasteiger partial charge in [-0.15, -0.1) is 0 Å². The number of benzene rings is 2. The number of Topliss-reactive ketones (excluding diaryl/α,β-unsaturated/α-hetero) is 1. The normalized spacial score (nSPS) is 10.6. The van der Waals surface area contributed by atoms with Crippen LogP contribution >= 0.6 is 0 Å². The van der Waals surface area contributed by atoms with Crippen LogP contribution in [-0.4, -0.2) is 20.7 Å². The molecule has 0 saturated carbocycles. The first-order chi connectivity index (χ1) is 13.2. The van der Waals surface area contributed by atoms with Gasteiger partial charge in [0.05, 0.1) is 11.2 Å². The van der Waals surface area contributed by atoms with Crippen LogP contribution in [0.3, 0.4) is 0 Å². The number of para-hydroxylation sites is 1. The van der Waals surface area contributed by atoms with Crippen LogP contribution in [0, 0.1) is 0 Å². The van der Waals surface area contributed by atoms with Gasteiger partial charge < -0.3 is 10.6 Å². The quantitative estimate of drug-likeness (QED) is 0.505. The largest absolute Gasteiger partial charge is 0.338 e. The third-order valence-corrected chi connectivity index (χ3v) is 4.10. The summed E-state index contributed by atoms with van der Waals surface area (Å²) in [5, 5.41) is 7.50. The first-order valence-electron chi connectivity index (χ1n) is 8.51. The zero-order valence-corrected chi connectivity index (χ0v) is 14.7. The maximum atomic E-state index is 11.4. The van der Waals surface area contributed by atoms with Gasteiger partial charge in [0.15, 0.2) is 5.78 Å². The highest BCUT2D eigenvalue weighted by Gasteiger charge is 2.05. The van der Waals surface area contributed by atoms with Gasteiger partial charge in [-0.05, 0) is 49.4 Å². The number of rotatable bonds is 5. The summed E-state index contributed by atoms with van der Waals surface area (Å²) in [6.45, 7) is 1.54. The predicted molar refractivity (Wildman–Crippen MR) is 107 cm³/mol. The molecule has 6 nitrogen and oxygen atoms in total. The van der Waals surface area contributed by atoms with E-state index in [1.807, 2.05) is 42.5 Å². The lowest BCUT2D eigenvalue weighted by Gasteiger charge is -2.10. The van der Waals surface area contributed by atoms with Gasteiger partial charge in [-0.1, -0.05) is 18.2 Å². The standard InChI is InChI=1S/C21H17N5O/c1-14(27)15-7-9-17(10-8-15)24-21-23-13-11-19(26-21)25-18-6-2-4-16-5-3-12-22-20(16)18/h2-13H,1H3,(H2,23,24,25,26). The summed E-state index contributed by atoms with van der Waals surface area (Å²) in [6.07, 6.45) is 3.45. The molecule has 0 amide bonds. The van der Waals surface area contributed by atoms with Crippen LogP contribution < -0.4 is 10.6 Å². The summed E-state index contributed by atoms with van der Waals surface area (Å²) in [5.41, 5.74) is 3.24. The van der Waals surface area contributed by atoms with Crippen molar-refractivity contribution in [1.29, 1.82) is 0 Å². The highest BCUT2D eigenvalue weighted by Crippen LogP contribution is 2.24. The van der Waals surface area contributed by atoms with Gasteiger partial charge in [0.1, 0.15) is 5.82 Å². The van der Waals surface area contributed by atoms with Gasteiger partial charge in [-0.2, -0.15) is 4.98 Å². The second kappa shape index (κ2) is 7.21.